The minimum Gasteiger partial charge on any atom is -0.483 e. The van der Waals surface area contributed by atoms with Crippen LogP contribution in [0.5, 0.6) is 0 Å². The monoisotopic (exact) mass is 431 g/mol. The molecule has 8 heteroatoms. The zero-order chi connectivity index (χ0) is 22.6. The van der Waals surface area contributed by atoms with Crippen molar-refractivity contribution >= 4 is 17.9 Å². The summed E-state index contributed by atoms with van der Waals surface area (Å²) in [6.45, 7) is 8.48. The Morgan fingerprint density at radius 2 is 1.84 bits per heavy atom. The first-order chi connectivity index (χ1) is 14.7. The molecule has 0 spiro atoms. The van der Waals surface area contributed by atoms with Gasteiger partial charge in [-0.15, -0.1) is 0 Å². The molecule has 2 heterocycles. The smallest absolute Gasteiger partial charge is 0.412 e. The van der Waals surface area contributed by atoms with Crippen molar-refractivity contribution in [2.24, 2.45) is 15.9 Å². The molecule has 0 bridgehead atoms. The van der Waals surface area contributed by atoms with Gasteiger partial charge in [-0.25, -0.2) is 14.8 Å². The maximum atomic E-state index is 12.7. The summed E-state index contributed by atoms with van der Waals surface area (Å²) in [5.74, 6) is 1.39. The zero-order valence-corrected chi connectivity index (χ0v) is 19.2. The van der Waals surface area contributed by atoms with Crippen LogP contribution in [0.25, 0.3) is 0 Å². The number of aliphatic imine (C=N–C) groups is 2. The van der Waals surface area contributed by atoms with Gasteiger partial charge in [0, 0.05) is 6.42 Å². The highest BCUT2D eigenvalue weighted by Gasteiger charge is 2.45. The van der Waals surface area contributed by atoms with E-state index in [4.69, 9.17) is 28.9 Å². The van der Waals surface area contributed by atoms with Crippen LogP contribution < -0.4 is 0 Å². The Morgan fingerprint density at radius 3 is 2.45 bits per heavy atom. The lowest BCUT2D eigenvalue weighted by Crippen LogP contribution is -2.43. The van der Waals surface area contributed by atoms with Crippen LogP contribution in [0.4, 0.5) is 4.79 Å². The van der Waals surface area contributed by atoms with Gasteiger partial charge in [0.1, 0.15) is 24.4 Å². The molecule has 0 radical (unpaired) electrons. The molecule has 31 heavy (non-hydrogen) atoms. The Bertz CT molecular complexity index is 822. The molecular formula is C23H33N3O5. The minimum absolute atomic E-state index is 0.165. The van der Waals surface area contributed by atoms with E-state index in [-0.39, 0.29) is 30.7 Å². The second kappa shape index (κ2) is 9.68. The van der Waals surface area contributed by atoms with Crippen molar-refractivity contribution in [3.05, 3.63) is 35.9 Å². The molecule has 1 aromatic carbocycles. The van der Waals surface area contributed by atoms with Crippen molar-refractivity contribution in [1.82, 2.24) is 4.90 Å². The first kappa shape index (κ1) is 23.1. The number of hydrogen-bond acceptors (Lipinski definition) is 7. The highest BCUT2D eigenvalue weighted by Crippen LogP contribution is 2.31. The largest absolute Gasteiger partial charge is 0.483 e. The summed E-state index contributed by atoms with van der Waals surface area (Å²) in [7, 11) is 3.21. The second-order valence-corrected chi connectivity index (χ2v) is 8.62. The van der Waals surface area contributed by atoms with Gasteiger partial charge in [0.05, 0.1) is 26.9 Å². The van der Waals surface area contributed by atoms with Crippen molar-refractivity contribution in [2.45, 2.75) is 64.6 Å². The molecule has 0 unspecified atom stereocenters. The van der Waals surface area contributed by atoms with E-state index in [1.54, 1.807) is 19.1 Å². The number of carbonyl (C=O) groups excluding carboxylic acids is 1. The van der Waals surface area contributed by atoms with E-state index in [2.05, 4.69) is 13.8 Å². The van der Waals surface area contributed by atoms with Gasteiger partial charge in [-0.1, -0.05) is 44.2 Å². The van der Waals surface area contributed by atoms with E-state index >= 15 is 0 Å². The minimum atomic E-state index is -0.786. The van der Waals surface area contributed by atoms with Gasteiger partial charge in [-0.05, 0) is 25.3 Å². The quantitative estimate of drug-likeness (QED) is 0.711. The maximum absolute atomic E-state index is 12.7. The Hall–Kier alpha value is -2.61. The van der Waals surface area contributed by atoms with Gasteiger partial charge in [0.25, 0.3) is 0 Å². The lowest BCUT2D eigenvalue weighted by Gasteiger charge is -2.29. The van der Waals surface area contributed by atoms with Crippen LogP contribution in [0.1, 0.15) is 39.7 Å². The molecule has 3 atom stereocenters. The molecule has 0 aliphatic carbocycles. The molecule has 0 aromatic heterocycles. The number of benzene rings is 1. The van der Waals surface area contributed by atoms with Gasteiger partial charge < -0.3 is 18.9 Å². The number of rotatable bonds is 5. The van der Waals surface area contributed by atoms with Gasteiger partial charge in [-0.2, -0.15) is 0 Å². The lowest BCUT2D eigenvalue weighted by atomic mass is 10.0. The van der Waals surface area contributed by atoms with Crippen molar-refractivity contribution < 1.29 is 23.7 Å². The molecule has 1 fully saturated rings. The molecule has 1 amide bonds. The van der Waals surface area contributed by atoms with Crippen LogP contribution in [0.3, 0.4) is 0 Å². The number of amides is 1. The predicted octanol–water partition coefficient (Wildman–Crippen LogP) is 3.65. The highest BCUT2D eigenvalue weighted by atomic mass is 16.6. The fraction of sp³-hybridized carbons (Fsp3) is 0.609. The fourth-order valence-corrected chi connectivity index (χ4v) is 3.91. The normalized spacial score (nSPS) is 25.1. The van der Waals surface area contributed by atoms with E-state index in [0.29, 0.717) is 24.8 Å². The summed E-state index contributed by atoms with van der Waals surface area (Å²) < 4.78 is 22.7. The topological polar surface area (TPSA) is 82.0 Å². The second-order valence-electron chi connectivity index (χ2n) is 8.62. The van der Waals surface area contributed by atoms with E-state index < -0.39 is 11.8 Å². The fourth-order valence-electron chi connectivity index (χ4n) is 3.91. The summed E-state index contributed by atoms with van der Waals surface area (Å²) >= 11 is 0. The van der Waals surface area contributed by atoms with Crippen LogP contribution in [0.15, 0.2) is 40.3 Å². The molecule has 0 saturated carbocycles. The first-order valence-corrected chi connectivity index (χ1v) is 10.6. The average Bonchev–Trinajstić information content (AvgIpc) is 3.05. The van der Waals surface area contributed by atoms with Crippen molar-refractivity contribution in [1.29, 1.82) is 0 Å². The van der Waals surface area contributed by atoms with Crippen LogP contribution >= 0.6 is 0 Å². The summed E-state index contributed by atoms with van der Waals surface area (Å²) in [6.07, 6.45) is -0.111. The summed E-state index contributed by atoms with van der Waals surface area (Å²) in [4.78, 5) is 23.8. The van der Waals surface area contributed by atoms with Gasteiger partial charge in [0.15, 0.2) is 0 Å². The van der Waals surface area contributed by atoms with Crippen LogP contribution in [0, 0.1) is 5.92 Å². The third kappa shape index (κ3) is 5.36. The van der Waals surface area contributed by atoms with E-state index in [1.807, 2.05) is 44.2 Å². The number of hydrogen-bond donors (Lipinski definition) is 0. The molecule has 3 rings (SSSR count). The van der Waals surface area contributed by atoms with E-state index in [0.717, 1.165) is 5.56 Å². The Morgan fingerprint density at radius 1 is 1.16 bits per heavy atom. The van der Waals surface area contributed by atoms with Gasteiger partial charge in [-0.3, -0.25) is 4.90 Å². The molecule has 1 aromatic rings. The highest BCUT2D eigenvalue weighted by molar-refractivity contribution is 5.94. The molecular weight excluding hydrogens is 398 g/mol. The Kier molecular flexibility index (Phi) is 7.20. The number of methoxy groups -OCH3 is 2. The van der Waals surface area contributed by atoms with Crippen LogP contribution in [-0.2, 0) is 25.6 Å². The third-order valence-electron chi connectivity index (χ3n) is 5.54. The van der Waals surface area contributed by atoms with Crippen LogP contribution in [-0.4, -0.2) is 67.5 Å². The number of ether oxygens (including phenoxy) is 4. The van der Waals surface area contributed by atoms with Crippen molar-refractivity contribution in [3.63, 3.8) is 0 Å². The summed E-state index contributed by atoms with van der Waals surface area (Å²) in [6, 6.07) is 9.12. The van der Waals surface area contributed by atoms with Crippen molar-refractivity contribution in [3.8, 4) is 0 Å². The van der Waals surface area contributed by atoms with E-state index in [1.165, 1.54) is 0 Å². The van der Waals surface area contributed by atoms with Gasteiger partial charge in [0.2, 0.25) is 11.8 Å². The molecule has 0 N–H and O–H groups in total. The lowest BCUT2D eigenvalue weighted by molar-refractivity contribution is -0.0721. The Labute approximate surface area is 184 Å². The zero-order valence-electron chi connectivity index (χ0n) is 19.2. The number of carbonyl (C=O) groups is 1. The average molecular weight is 432 g/mol. The standard InChI is InChI=1S/C23H33N3O5/c1-15(2)19-21(29-6)24-18(20(25-19)28-5)12-17-13-26(23(3,4)31-17)22(27)30-14-16-10-8-7-9-11-16/h7-11,15,17-19H,12-14H2,1-6H3/t17-,18+,19-/m1/s1. The molecule has 8 nitrogen and oxygen atoms in total. The summed E-state index contributed by atoms with van der Waals surface area (Å²) in [5, 5.41) is 0. The predicted molar refractivity (Wildman–Crippen MR) is 118 cm³/mol. The first-order valence-electron chi connectivity index (χ1n) is 10.6. The Balaban J connectivity index is 1.65. The third-order valence-corrected chi connectivity index (χ3v) is 5.54. The molecule has 2 aliphatic rings. The summed E-state index contributed by atoms with van der Waals surface area (Å²) in [5.41, 5.74) is 0.153. The SMILES string of the molecule is COC1=N[C@H](C(C)C)C(OC)=N[C@H]1C[C@@H]1CN(C(=O)OCc2ccccc2)C(C)(C)O1. The maximum Gasteiger partial charge on any atom is 0.412 e. The van der Waals surface area contributed by atoms with Crippen molar-refractivity contribution in [2.75, 3.05) is 20.8 Å². The van der Waals surface area contributed by atoms with Gasteiger partial charge >= 0.3 is 6.09 Å². The molecule has 1 saturated heterocycles. The molecule has 170 valence electrons. The van der Waals surface area contributed by atoms with Crippen LogP contribution in [0.2, 0.25) is 0 Å². The van der Waals surface area contributed by atoms with E-state index in [9.17, 15) is 4.79 Å². The number of nitrogens with zero attached hydrogens (tertiary/aromatic N) is 3. The molecule has 2 aliphatic heterocycles.